The molecular weight excluding hydrogens is 207 g/mol. The molecule has 70 valence electrons. The first-order valence-electron chi connectivity index (χ1n) is 3.16. The van der Waals surface area contributed by atoms with Crippen molar-refractivity contribution in [2.75, 3.05) is 0 Å². The summed E-state index contributed by atoms with van der Waals surface area (Å²) in [5, 5.41) is -1.11. The van der Waals surface area contributed by atoms with Crippen molar-refractivity contribution in [3.05, 3.63) is 29.3 Å². The fourth-order valence-electron chi connectivity index (χ4n) is 0.717. The molecule has 0 amide bonds. The van der Waals surface area contributed by atoms with Gasteiger partial charge in [-0.1, -0.05) is 0 Å². The van der Waals surface area contributed by atoms with Gasteiger partial charge in [-0.25, -0.2) is 18.2 Å². The summed E-state index contributed by atoms with van der Waals surface area (Å²) in [5.41, 5.74) is -1.23. The smallest absolute Gasteiger partial charge is 0.273 e. The van der Waals surface area contributed by atoms with Crippen LogP contribution >= 0.6 is 11.6 Å². The molecule has 0 saturated heterocycles. The van der Waals surface area contributed by atoms with E-state index in [1.165, 1.54) is 0 Å². The molecule has 0 aliphatic carbocycles. The molecule has 1 aromatic heterocycles. The van der Waals surface area contributed by atoms with E-state index in [2.05, 4.69) is 4.98 Å². The SMILES string of the molecule is O=C(Cl)c1ncc(C(F)F)cc1F. The normalized spacial score (nSPS) is 10.5. The Kier molecular flexibility index (Phi) is 2.87. The van der Waals surface area contributed by atoms with Gasteiger partial charge in [0, 0.05) is 11.8 Å². The van der Waals surface area contributed by atoms with Crippen molar-refractivity contribution >= 4 is 16.8 Å². The van der Waals surface area contributed by atoms with E-state index in [1.54, 1.807) is 0 Å². The zero-order chi connectivity index (χ0) is 10.0. The number of aromatic nitrogens is 1. The number of hydrogen-bond donors (Lipinski definition) is 0. The molecule has 0 bridgehead atoms. The Hall–Kier alpha value is -1.10. The summed E-state index contributed by atoms with van der Waals surface area (Å²) in [7, 11) is 0. The summed E-state index contributed by atoms with van der Waals surface area (Å²) in [6, 6.07) is 0.535. The van der Waals surface area contributed by atoms with Crippen molar-refractivity contribution in [2.24, 2.45) is 0 Å². The third kappa shape index (κ3) is 2.18. The summed E-state index contributed by atoms with van der Waals surface area (Å²) >= 11 is 4.91. The highest BCUT2D eigenvalue weighted by Crippen LogP contribution is 2.19. The third-order valence-electron chi connectivity index (χ3n) is 1.30. The second-order valence-electron chi connectivity index (χ2n) is 2.17. The number of alkyl halides is 2. The number of carbonyl (C=O) groups is 1. The predicted molar refractivity (Wildman–Crippen MR) is 39.3 cm³/mol. The minimum atomic E-state index is -2.82. The molecule has 6 heteroatoms. The van der Waals surface area contributed by atoms with Crippen molar-refractivity contribution in [1.82, 2.24) is 4.98 Å². The van der Waals surface area contributed by atoms with Crippen LogP contribution in [0.1, 0.15) is 22.5 Å². The van der Waals surface area contributed by atoms with Crippen molar-refractivity contribution in [3.8, 4) is 0 Å². The lowest BCUT2D eigenvalue weighted by atomic mass is 10.2. The molecule has 0 aliphatic heterocycles. The topological polar surface area (TPSA) is 30.0 Å². The Morgan fingerprint density at radius 1 is 1.54 bits per heavy atom. The summed E-state index contributed by atoms with van der Waals surface area (Å²) in [4.78, 5) is 13.6. The Balaban J connectivity index is 3.13. The average Bonchev–Trinajstić information content (AvgIpc) is 2.03. The molecule has 0 aromatic carbocycles. The molecule has 0 atom stereocenters. The molecule has 0 N–H and O–H groups in total. The Labute approximate surface area is 76.3 Å². The zero-order valence-corrected chi connectivity index (χ0v) is 6.86. The summed E-state index contributed by atoms with van der Waals surface area (Å²) < 4.78 is 36.7. The molecule has 1 heterocycles. The van der Waals surface area contributed by atoms with E-state index in [0.29, 0.717) is 12.3 Å². The minimum absolute atomic E-state index is 0.535. The van der Waals surface area contributed by atoms with Crippen LogP contribution in [0.5, 0.6) is 0 Å². The minimum Gasteiger partial charge on any atom is -0.274 e. The Morgan fingerprint density at radius 3 is 2.54 bits per heavy atom. The molecule has 0 unspecified atom stereocenters. The standard InChI is InChI=1S/C7H3ClF3NO/c8-6(13)5-4(9)1-3(2-12-5)7(10)11/h1-2,7H. The van der Waals surface area contributed by atoms with Crippen molar-refractivity contribution in [1.29, 1.82) is 0 Å². The van der Waals surface area contributed by atoms with E-state index in [9.17, 15) is 18.0 Å². The van der Waals surface area contributed by atoms with Crippen LogP contribution in [0.4, 0.5) is 13.2 Å². The molecule has 1 rings (SSSR count). The molecule has 13 heavy (non-hydrogen) atoms. The van der Waals surface area contributed by atoms with Crippen LogP contribution in [0.15, 0.2) is 12.3 Å². The van der Waals surface area contributed by atoms with E-state index in [4.69, 9.17) is 11.6 Å². The number of hydrogen-bond acceptors (Lipinski definition) is 2. The van der Waals surface area contributed by atoms with Gasteiger partial charge in [0.1, 0.15) is 0 Å². The van der Waals surface area contributed by atoms with Crippen molar-refractivity contribution in [2.45, 2.75) is 6.43 Å². The van der Waals surface area contributed by atoms with E-state index in [-0.39, 0.29) is 0 Å². The zero-order valence-electron chi connectivity index (χ0n) is 6.10. The van der Waals surface area contributed by atoms with Crippen LogP contribution in [0.2, 0.25) is 0 Å². The van der Waals surface area contributed by atoms with Gasteiger partial charge < -0.3 is 0 Å². The number of pyridine rings is 1. The third-order valence-corrected chi connectivity index (χ3v) is 1.48. The van der Waals surface area contributed by atoms with Crippen LogP contribution in [0, 0.1) is 5.82 Å². The van der Waals surface area contributed by atoms with Gasteiger partial charge in [0.25, 0.3) is 11.7 Å². The van der Waals surface area contributed by atoms with Gasteiger partial charge in [0.05, 0.1) is 0 Å². The first-order chi connectivity index (χ1) is 6.02. The lowest BCUT2D eigenvalue weighted by Gasteiger charge is -2.00. The van der Waals surface area contributed by atoms with Crippen LogP contribution in [-0.2, 0) is 0 Å². The second-order valence-corrected chi connectivity index (χ2v) is 2.52. The van der Waals surface area contributed by atoms with Crippen LogP contribution < -0.4 is 0 Å². The number of nitrogens with zero attached hydrogens (tertiary/aromatic N) is 1. The summed E-state index contributed by atoms with van der Waals surface area (Å²) in [6.07, 6.45) is -2.11. The quantitative estimate of drug-likeness (QED) is 0.701. The van der Waals surface area contributed by atoms with E-state index >= 15 is 0 Å². The monoisotopic (exact) mass is 209 g/mol. The fourth-order valence-corrected chi connectivity index (χ4v) is 0.856. The van der Waals surface area contributed by atoms with Gasteiger partial charge in [0.2, 0.25) is 0 Å². The molecule has 0 spiro atoms. The first-order valence-corrected chi connectivity index (χ1v) is 3.53. The van der Waals surface area contributed by atoms with Gasteiger partial charge in [-0.2, -0.15) is 0 Å². The fraction of sp³-hybridized carbons (Fsp3) is 0.143. The van der Waals surface area contributed by atoms with Gasteiger partial charge in [-0.3, -0.25) is 4.79 Å². The number of rotatable bonds is 2. The molecule has 2 nitrogen and oxygen atoms in total. The highest BCUT2D eigenvalue weighted by atomic mass is 35.5. The van der Waals surface area contributed by atoms with Gasteiger partial charge in [0.15, 0.2) is 11.5 Å². The highest BCUT2D eigenvalue weighted by Gasteiger charge is 2.15. The van der Waals surface area contributed by atoms with Crippen LogP contribution in [0.25, 0.3) is 0 Å². The first kappa shape index (κ1) is 9.98. The van der Waals surface area contributed by atoms with E-state index < -0.39 is 28.7 Å². The lowest BCUT2D eigenvalue weighted by molar-refractivity contribution is 0.107. The van der Waals surface area contributed by atoms with Gasteiger partial charge >= 0.3 is 0 Å². The lowest BCUT2D eigenvalue weighted by Crippen LogP contribution is -2.00. The van der Waals surface area contributed by atoms with Gasteiger partial charge in [-0.15, -0.1) is 0 Å². The Morgan fingerprint density at radius 2 is 2.15 bits per heavy atom. The van der Waals surface area contributed by atoms with Crippen LogP contribution in [-0.4, -0.2) is 10.2 Å². The molecule has 0 fully saturated rings. The van der Waals surface area contributed by atoms with E-state index in [1.807, 2.05) is 0 Å². The van der Waals surface area contributed by atoms with Crippen molar-refractivity contribution < 1.29 is 18.0 Å². The Bertz CT molecular complexity index is 343. The summed E-state index contributed by atoms with van der Waals surface area (Å²) in [5.74, 6) is -1.14. The predicted octanol–water partition coefficient (Wildman–Crippen LogP) is 2.54. The maximum absolute atomic E-state index is 12.8. The average molecular weight is 210 g/mol. The second kappa shape index (κ2) is 3.74. The molecule has 0 saturated carbocycles. The van der Waals surface area contributed by atoms with Crippen LogP contribution in [0.3, 0.4) is 0 Å². The maximum atomic E-state index is 12.8. The van der Waals surface area contributed by atoms with Crippen molar-refractivity contribution in [3.63, 3.8) is 0 Å². The largest absolute Gasteiger partial charge is 0.274 e. The molecule has 0 aliphatic rings. The maximum Gasteiger partial charge on any atom is 0.273 e. The molecule has 1 aromatic rings. The highest BCUT2D eigenvalue weighted by molar-refractivity contribution is 6.67. The number of carbonyl (C=O) groups excluding carboxylic acids is 1. The van der Waals surface area contributed by atoms with Gasteiger partial charge in [-0.05, 0) is 17.7 Å². The number of halogens is 4. The molecular formula is C7H3ClF3NO. The molecule has 0 radical (unpaired) electrons. The van der Waals surface area contributed by atoms with E-state index in [0.717, 1.165) is 0 Å². The summed E-state index contributed by atoms with van der Waals surface area (Å²) in [6.45, 7) is 0.